The van der Waals surface area contributed by atoms with Crippen molar-refractivity contribution >= 4 is 11.8 Å². The second-order valence-electron chi connectivity index (χ2n) is 7.03. The number of aromatic nitrogens is 2. The van der Waals surface area contributed by atoms with Crippen LogP contribution in [0.4, 0.5) is 0 Å². The number of carbonyl (C=O) groups excluding carboxylic acids is 2. The Labute approximate surface area is 129 Å². The summed E-state index contributed by atoms with van der Waals surface area (Å²) in [6.45, 7) is 3.89. The van der Waals surface area contributed by atoms with E-state index in [9.17, 15) is 9.59 Å². The third-order valence-electron chi connectivity index (χ3n) is 5.13. The predicted octanol–water partition coefficient (Wildman–Crippen LogP) is 0.949. The summed E-state index contributed by atoms with van der Waals surface area (Å²) in [4.78, 5) is 31.0. The van der Waals surface area contributed by atoms with Crippen LogP contribution in [0.15, 0.2) is 12.5 Å². The molecule has 0 aromatic carbocycles. The van der Waals surface area contributed by atoms with E-state index in [0.29, 0.717) is 24.9 Å². The van der Waals surface area contributed by atoms with Gasteiger partial charge in [-0.05, 0) is 31.1 Å². The second-order valence-corrected chi connectivity index (χ2v) is 7.03. The molecule has 2 aliphatic carbocycles. The van der Waals surface area contributed by atoms with Crippen LogP contribution in [-0.2, 0) is 16.1 Å². The van der Waals surface area contributed by atoms with Crippen LogP contribution in [0.2, 0.25) is 0 Å². The number of nitrogens with one attached hydrogen (secondary N) is 1. The van der Waals surface area contributed by atoms with Gasteiger partial charge in [0.15, 0.2) is 0 Å². The summed E-state index contributed by atoms with van der Waals surface area (Å²) >= 11 is 0. The Hall–Kier alpha value is -1.85. The number of hydrogen-bond donors (Lipinski definition) is 1. The molecular weight excluding hydrogens is 280 g/mol. The van der Waals surface area contributed by atoms with E-state index in [1.54, 1.807) is 12.5 Å². The number of carbonyl (C=O) groups is 2. The Bertz CT molecular complexity index is 607. The molecule has 0 radical (unpaired) electrons. The van der Waals surface area contributed by atoms with Crippen LogP contribution in [0.25, 0.3) is 0 Å². The highest BCUT2D eigenvalue weighted by atomic mass is 16.2. The molecule has 1 N–H and O–H groups in total. The lowest BCUT2D eigenvalue weighted by atomic mass is 10.1. The molecule has 4 rings (SSSR count). The standard InChI is InChI=1S/C16H22N4O2/c1-10-4-13(10)16(22)19-7-12-6-17-9-20(12)14(8-19)15(21)18-5-11-2-3-11/h6,9-11,13-14H,2-5,7-8H2,1H3,(H,18,21). The minimum absolute atomic E-state index is 0.00694. The highest BCUT2D eigenvalue weighted by molar-refractivity contribution is 5.84. The van der Waals surface area contributed by atoms with Gasteiger partial charge < -0.3 is 14.8 Å². The van der Waals surface area contributed by atoms with Gasteiger partial charge in [-0.2, -0.15) is 0 Å². The van der Waals surface area contributed by atoms with Crippen LogP contribution in [-0.4, -0.2) is 39.4 Å². The molecule has 3 unspecified atom stereocenters. The van der Waals surface area contributed by atoms with Gasteiger partial charge in [0.25, 0.3) is 0 Å². The number of rotatable bonds is 4. The zero-order valence-corrected chi connectivity index (χ0v) is 12.9. The van der Waals surface area contributed by atoms with E-state index in [1.807, 2.05) is 9.47 Å². The lowest BCUT2D eigenvalue weighted by Gasteiger charge is -2.34. The average molecular weight is 302 g/mol. The Morgan fingerprint density at radius 1 is 1.41 bits per heavy atom. The van der Waals surface area contributed by atoms with Crippen molar-refractivity contribution in [3.05, 3.63) is 18.2 Å². The summed E-state index contributed by atoms with van der Waals surface area (Å²) in [6, 6.07) is -0.344. The molecule has 1 aliphatic heterocycles. The summed E-state index contributed by atoms with van der Waals surface area (Å²) in [5.74, 6) is 1.50. The first kappa shape index (κ1) is 13.8. The molecule has 6 heteroatoms. The van der Waals surface area contributed by atoms with Gasteiger partial charge in [0.05, 0.1) is 25.1 Å². The van der Waals surface area contributed by atoms with Crippen LogP contribution in [0.5, 0.6) is 0 Å². The third kappa shape index (κ3) is 2.51. The van der Waals surface area contributed by atoms with E-state index in [-0.39, 0.29) is 23.8 Å². The van der Waals surface area contributed by atoms with Crippen molar-refractivity contribution < 1.29 is 9.59 Å². The van der Waals surface area contributed by atoms with Crippen LogP contribution in [0.3, 0.4) is 0 Å². The third-order valence-corrected chi connectivity index (χ3v) is 5.13. The second kappa shape index (κ2) is 5.11. The maximum Gasteiger partial charge on any atom is 0.244 e. The van der Waals surface area contributed by atoms with Gasteiger partial charge in [-0.15, -0.1) is 0 Å². The fraction of sp³-hybridized carbons (Fsp3) is 0.688. The van der Waals surface area contributed by atoms with Crippen molar-refractivity contribution in [3.8, 4) is 0 Å². The van der Waals surface area contributed by atoms with Gasteiger partial charge in [0.1, 0.15) is 6.04 Å². The highest BCUT2D eigenvalue weighted by Crippen LogP contribution is 2.40. The lowest BCUT2D eigenvalue weighted by molar-refractivity contribution is -0.136. The number of hydrogen-bond acceptors (Lipinski definition) is 3. The van der Waals surface area contributed by atoms with E-state index in [4.69, 9.17) is 0 Å². The number of fused-ring (bicyclic) bond motifs is 1. The number of imidazole rings is 1. The first-order valence-electron chi connectivity index (χ1n) is 8.20. The van der Waals surface area contributed by atoms with E-state index in [2.05, 4.69) is 17.2 Å². The Morgan fingerprint density at radius 3 is 2.86 bits per heavy atom. The van der Waals surface area contributed by atoms with Crippen molar-refractivity contribution in [2.24, 2.45) is 17.8 Å². The zero-order valence-electron chi connectivity index (χ0n) is 12.9. The number of nitrogens with zero attached hydrogens (tertiary/aromatic N) is 3. The van der Waals surface area contributed by atoms with Crippen molar-refractivity contribution in [2.75, 3.05) is 13.1 Å². The largest absolute Gasteiger partial charge is 0.354 e. The van der Waals surface area contributed by atoms with Crippen LogP contribution >= 0.6 is 0 Å². The summed E-state index contributed by atoms with van der Waals surface area (Å²) in [5.41, 5.74) is 0.944. The van der Waals surface area contributed by atoms with E-state index in [1.165, 1.54) is 12.8 Å². The number of amides is 2. The predicted molar refractivity (Wildman–Crippen MR) is 79.7 cm³/mol. The van der Waals surface area contributed by atoms with Crippen molar-refractivity contribution in [3.63, 3.8) is 0 Å². The molecule has 0 saturated heterocycles. The van der Waals surface area contributed by atoms with Gasteiger partial charge in [-0.1, -0.05) is 6.92 Å². The average Bonchev–Trinajstić information content (AvgIpc) is 3.42. The molecule has 0 bridgehead atoms. The van der Waals surface area contributed by atoms with E-state index < -0.39 is 0 Å². The van der Waals surface area contributed by atoms with Crippen molar-refractivity contribution in [1.29, 1.82) is 0 Å². The lowest BCUT2D eigenvalue weighted by Crippen LogP contribution is -2.47. The van der Waals surface area contributed by atoms with E-state index in [0.717, 1.165) is 18.7 Å². The van der Waals surface area contributed by atoms with Gasteiger partial charge in [-0.25, -0.2) is 4.98 Å². The monoisotopic (exact) mass is 302 g/mol. The Kier molecular flexibility index (Phi) is 3.20. The summed E-state index contributed by atoms with van der Waals surface area (Å²) in [5, 5.41) is 3.03. The molecule has 1 aromatic heterocycles. The molecule has 2 saturated carbocycles. The molecule has 2 amide bonds. The summed E-state index contributed by atoms with van der Waals surface area (Å²) < 4.78 is 1.92. The molecule has 6 nitrogen and oxygen atoms in total. The first-order chi connectivity index (χ1) is 10.6. The molecule has 0 spiro atoms. The summed E-state index contributed by atoms with van der Waals surface area (Å²) in [6.07, 6.45) is 6.87. The Balaban J connectivity index is 1.49. The molecule has 2 heterocycles. The highest BCUT2D eigenvalue weighted by Gasteiger charge is 2.43. The first-order valence-corrected chi connectivity index (χ1v) is 8.20. The zero-order chi connectivity index (χ0) is 15.3. The van der Waals surface area contributed by atoms with Gasteiger partial charge in [-0.3, -0.25) is 9.59 Å². The molecule has 118 valence electrons. The SMILES string of the molecule is CC1CC1C(=O)N1Cc2cncn2C(C(=O)NCC2CC2)C1. The van der Waals surface area contributed by atoms with Gasteiger partial charge in [0, 0.05) is 18.7 Å². The smallest absolute Gasteiger partial charge is 0.244 e. The minimum Gasteiger partial charge on any atom is -0.354 e. The van der Waals surface area contributed by atoms with E-state index >= 15 is 0 Å². The maximum atomic E-state index is 12.5. The van der Waals surface area contributed by atoms with Gasteiger partial charge in [0.2, 0.25) is 11.8 Å². The fourth-order valence-electron chi connectivity index (χ4n) is 3.25. The quantitative estimate of drug-likeness (QED) is 0.900. The molecule has 22 heavy (non-hydrogen) atoms. The van der Waals surface area contributed by atoms with Gasteiger partial charge >= 0.3 is 0 Å². The van der Waals surface area contributed by atoms with Crippen molar-refractivity contribution in [1.82, 2.24) is 19.8 Å². The maximum absolute atomic E-state index is 12.5. The normalized spacial score (nSPS) is 29.9. The fourth-order valence-corrected chi connectivity index (χ4v) is 3.25. The topological polar surface area (TPSA) is 67.2 Å². The minimum atomic E-state index is -0.344. The van der Waals surface area contributed by atoms with Crippen molar-refractivity contribution in [2.45, 2.75) is 38.8 Å². The molecule has 1 aromatic rings. The molecule has 3 atom stereocenters. The Morgan fingerprint density at radius 2 is 2.18 bits per heavy atom. The van der Waals surface area contributed by atoms with Crippen LogP contribution in [0, 0.1) is 17.8 Å². The van der Waals surface area contributed by atoms with Crippen LogP contribution in [0.1, 0.15) is 37.9 Å². The molecule has 2 fully saturated rings. The summed E-state index contributed by atoms with van der Waals surface area (Å²) in [7, 11) is 0. The molecular formula is C16H22N4O2. The molecule has 3 aliphatic rings. The van der Waals surface area contributed by atoms with Crippen LogP contribution < -0.4 is 5.32 Å².